The normalized spacial score (nSPS) is 20.7. The van der Waals surface area contributed by atoms with Gasteiger partial charge in [0, 0.05) is 17.6 Å². The van der Waals surface area contributed by atoms with E-state index in [0.717, 1.165) is 5.56 Å². The highest BCUT2D eigenvalue weighted by Crippen LogP contribution is 2.32. The molecule has 2 aromatic rings. The van der Waals surface area contributed by atoms with Crippen LogP contribution in [0.1, 0.15) is 12.7 Å². The van der Waals surface area contributed by atoms with Crippen molar-refractivity contribution in [3.05, 3.63) is 53.5 Å². The van der Waals surface area contributed by atoms with E-state index in [-0.39, 0.29) is 17.2 Å². The van der Waals surface area contributed by atoms with Gasteiger partial charge < -0.3 is 10.4 Å². The summed E-state index contributed by atoms with van der Waals surface area (Å²) in [5.74, 6) is 0.203. The summed E-state index contributed by atoms with van der Waals surface area (Å²) in [4.78, 5) is 16.6. The molecule has 2 N–H and O–H groups in total. The molecule has 2 heterocycles. The monoisotopic (exact) mass is 330 g/mol. The van der Waals surface area contributed by atoms with Crippen molar-refractivity contribution in [2.75, 3.05) is 0 Å². The number of aryl methyl sites for hydroxylation is 1. The summed E-state index contributed by atoms with van der Waals surface area (Å²) in [6, 6.07) is 7.05. The highest BCUT2D eigenvalue weighted by Gasteiger charge is 2.42. The molecule has 0 aliphatic carbocycles. The van der Waals surface area contributed by atoms with Gasteiger partial charge in [-0.3, -0.25) is 4.79 Å². The van der Waals surface area contributed by atoms with Crippen LogP contribution in [0.4, 0.5) is 0 Å². The Morgan fingerprint density at radius 1 is 1.39 bits per heavy atom. The number of benzene rings is 1. The minimum atomic E-state index is -1.00. The van der Waals surface area contributed by atoms with Crippen molar-refractivity contribution in [1.29, 1.82) is 0 Å². The Bertz CT molecular complexity index is 838. The number of amides is 1. The van der Waals surface area contributed by atoms with Crippen molar-refractivity contribution < 1.29 is 9.90 Å². The summed E-state index contributed by atoms with van der Waals surface area (Å²) in [6.07, 6.45) is 1.48. The van der Waals surface area contributed by atoms with Crippen LogP contribution in [0, 0.1) is 0 Å². The van der Waals surface area contributed by atoms with Crippen LogP contribution in [0.25, 0.3) is 17.0 Å². The number of hydrogen-bond acceptors (Lipinski definition) is 4. The van der Waals surface area contributed by atoms with Gasteiger partial charge in [-0.2, -0.15) is 5.10 Å². The van der Waals surface area contributed by atoms with E-state index in [1.165, 1.54) is 10.8 Å². The molecule has 0 spiro atoms. The predicted molar refractivity (Wildman–Crippen MR) is 87.7 cm³/mol. The molecule has 7 heteroatoms. The number of carbonyl (C=O) groups is 1. The highest BCUT2D eigenvalue weighted by atomic mass is 35.5. The summed E-state index contributed by atoms with van der Waals surface area (Å²) in [7, 11) is 1.67. The van der Waals surface area contributed by atoms with Crippen molar-refractivity contribution in [1.82, 2.24) is 20.1 Å². The lowest BCUT2D eigenvalue weighted by atomic mass is 10.0. The average Bonchev–Trinajstić information content (AvgIpc) is 2.99. The molecule has 1 atom stereocenters. The minimum Gasteiger partial charge on any atom is -0.508 e. The number of nitrogens with one attached hydrogen (secondary N) is 1. The molecule has 3 rings (SSSR count). The van der Waals surface area contributed by atoms with Crippen LogP contribution in [-0.2, 0) is 11.8 Å². The summed E-state index contributed by atoms with van der Waals surface area (Å²) in [5.41, 5.74) is -0.137. The molecular weight excluding hydrogens is 316 g/mol. The minimum absolute atomic E-state index is 0.0996. The molecule has 6 nitrogen and oxygen atoms in total. The summed E-state index contributed by atoms with van der Waals surface area (Å²) in [6.45, 7) is 5.31. The Hall–Kier alpha value is -2.60. The van der Waals surface area contributed by atoms with Gasteiger partial charge in [0.2, 0.25) is 0 Å². The first-order valence-corrected chi connectivity index (χ1v) is 7.30. The maximum absolute atomic E-state index is 12.2. The van der Waals surface area contributed by atoms with Crippen LogP contribution in [0.5, 0.6) is 0 Å². The van der Waals surface area contributed by atoms with E-state index in [2.05, 4.69) is 22.0 Å². The van der Waals surface area contributed by atoms with E-state index in [1.807, 2.05) is 0 Å². The molecule has 1 aliphatic rings. The fourth-order valence-corrected chi connectivity index (χ4v) is 2.53. The van der Waals surface area contributed by atoms with Gasteiger partial charge in [-0.1, -0.05) is 17.7 Å². The zero-order valence-electron chi connectivity index (χ0n) is 12.7. The third-order valence-electron chi connectivity index (χ3n) is 3.83. The molecule has 1 aromatic carbocycles. The largest absolute Gasteiger partial charge is 0.508 e. The van der Waals surface area contributed by atoms with Crippen LogP contribution < -0.4 is 5.32 Å². The Morgan fingerprint density at radius 2 is 2.04 bits per heavy atom. The maximum atomic E-state index is 12.2. The Balaban J connectivity index is 2.10. The van der Waals surface area contributed by atoms with E-state index < -0.39 is 11.4 Å². The molecule has 0 bridgehead atoms. The number of nitrogens with zero attached hydrogens (tertiary/aromatic N) is 3. The van der Waals surface area contributed by atoms with Gasteiger partial charge in [0.25, 0.3) is 5.91 Å². The fourth-order valence-electron chi connectivity index (χ4n) is 2.40. The maximum Gasteiger partial charge on any atom is 0.259 e. The molecule has 1 unspecified atom stereocenters. The van der Waals surface area contributed by atoms with Gasteiger partial charge in [0.15, 0.2) is 11.6 Å². The number of aliphatic hydroxyl groups excluding tert-OH is 1. The second-order valence-electron chi connectivity index (χ2n) is 5.47. The van der Waals surface area contributed by atoms with Gasteiger partial charge >= 0.3 is 0 Å². The lowest BCUT2D eigenvalue weighted by Crippen LogP contribution is -2.39. The van der Waals surface area contributed by atoms with Crippen LogP contribution >= 0.6 is 11.6 Å². The molecule has 1 aliphatic heterocycles. The molecule has 0 saturated heterocycles. The van der Waals surface area contributed by atoms with E-state index in [9.17, 15) is 9.90 Å². The van der Waals surface area contributed by atoms with Gasteiger partial charge in [0.1, 0.15) is 16.9 Å². The first-order valence-electron chi connectivity index (χ1n) is 6.93. The summed E-state index contributed by atoms with van der Waals surface area (Å²) < 4.78 is 1.46. The Morgan fingerprint density at radius 3 is 2.61 bits per heavy atom. The SMILES string of the molecule is C=CC1(C)NC(=O)C(c2nc(-c3ccc(Cl)cc3)nn2C)=C1O. The van der Waals surface area contributed by atoms with Crippen LogP contribution in [0.2, 0.25) is 5.02 Å². The zero-order valence-corrected chi connectivity index (χ0v) is 13.4. The zero-order chi connectivity index (χ0) is 16.8. The quantitative estimate of drug-likeness (QED) is 0.847. The van der Waals surface area contributed by atoms with Crippen LogP contribution in [0.15, 0.2) is 42.7 Å². The van der Waals surface area contributed by atoms with E-state index >= 15 is 0 Å². The first-order chi connectivity index (χ1) is 10.9. The van der Waals surface area contributed by atoms with Crippen molar-refractivity contribution in [2.24, 2.45) is 7.05 Å². The predicted octanol–water partition coefficient (Wildman–Crippen LogP) is 2.48. The lowest BCUT2D eigenvalue weighted by Gasteiger charge is -2.18. The van der Waals surface area contributed by atoms with Gasteiger partial charge in [0.05, 0.1) is 0 Å². The van der Waals surface area contributed by atoms with E-state index in [4.69, 9.17) is 11.6 Å². The third-order valence-corrected chi connectivity index (χ3v) is 4.08. The van der Waals surface area contributed by atoms with Crippen molar-refractivity contribution in [3.63, 3.8) is 0 Å². The Labute approximate surface area is 138 Å². The van der Waals surface area contributed by atoms with Gasteiger partial charge in [-0.15, -0.1) is 6.58 Å². The number of aliphatic hydroxyl groups is 1. The average molecular weight is 331 g/mol. The first kappa shape index (κ1) is 15.3. The topological polar surface area (TPSA) is 80.0 Å². The molecule has 1 aromatic heterocycles. The second kappa shape index (κ2) is 5.24. The number of rotatable bonds is 3. The highest BCUT2D eigenvalue weighted by molar-refractivity contribution is 6.30. The number of carbonyl (C=O) groups excluding carboxylic acids is 1. The van der Waals surface area contributed by atoms with Crippen LogP contribution in [-0.4, -0.2) is 31.3 Å². The van der Waals surface area contributed by atoms with Crippen molar-refractivity contribution in [3.8, 4) is 11.4 Å². The molecule has 1 amide bonds. The fraction of sp³-hybridized carbons (Fsp3) is 0.188. The van der Waals surface area contributed by atoms with Crippen molar-refractivity contribution >= 4 is 23.1 Å². The number of hydrogen-bond donors (Lipinski definition) is 2. The number of aromatic nitrogens is 3. The van der Waals surface area contributed by atoms with E-state index in [1.54, 1.807) is 38.2 Å². The lowest BCUT2D eigenvalue weighted by molar-refractivity contribution is -0.115. The van der Waals surface area contributed by atoms with Crippen molar-refractivity contribution in [2.45, 2.75) is 12.5 Å². The molecule has 0 saturated carbocycles. The van der Waals surface area contributed by atoms with Gasteiger partial charge in [-0.05, 0) is 31.2 Å². The third kappa shape index (κ3) is 2.41. The summed E-state index contributed by atoms with van der Waals surface area (Å²) in [5, 5.41) is 18.0. The Kier molecular flexibility index (Phi) is 3.49. The van der Waals surface area contributed by atoms with Gasteiger partial charge in [-0.25, -0.2) is 9.67 Å². The summed E-state index contributed by atoms with van der Waals surface area (Å²) >= 11 is 5.88. The molecular formula is C16H15ClN4O2. The molecule has 118 valence electrons. The van der Waals surface area contributed by atoms with E-state index in [0.29, 0.717) is 10.8 Å². The standard InChI is InChI=1S/C16H15ClN4O2/c1-4-16(2)12(22)11(15(23)19-16)14-18-13(20-21(14)3)9-5-7-10(17)8-6-9/h4-8,22H,1H2,2-3H3,(H,19,23). The molecule has 0 radical (unpaired) electrons. The molecule has 23 heavy (non-hydrogen) atoms. The molecule has 0 fully saturated rings. The smallest absolute Gasteiger partial charge is 0.259 e. The van der Waals surface area contributed by atoms with Crippen LogP contribution in [0.3, 0.4) is 0 Å². The number of halogens is 1. The second-order valence-corrected chi connectivity index (χ2v) is 5.91.